The van der Waals surface area contributed by atoms with Crippen molar-refractivity contribution in [3.05, 3.63) is 24.7 Å². The second kappa shape index (κ2) is 12.5. The van der Waals surface area contributed by atoms with E-state index in [9.17, 15) is 9.59 Å². The molecule has 1 rings (SSSR count). The summed E-state index contributed by atoms with van der Waals surface area (Å²) in [4.78, 5) is 21.0. The Bertz CT molecular complexity index is 331. The van der Waals surface area contributed by atoms with Crippen molar-refractivity contribution in [2.24, 2.45) is 0 Å². The molecule has 0 spiro atoms. The van der Waals surface area contributed by atoms with Gasteiger partial charge in [0, 0.05) is 19.8 Å². The van der Waals surface area contributed by atoms with Crippen LogP contribution in [-0.2, 0) is 19.1 Å². The molecule has 0 N–H and O–H groups in total. The summed E-state index contributed by atoms with van der Waals surface area (Å²) in [6, 6.07) is 0. The van der Waals surface area contributed by atoms with Crippen LogP contribution in [0.5, 0.6) is 0 Å². The molecule has 0 unspecified atom stereocenters. The van der Waals surface area contributed by atoms with Gasteiger partial charge in [0.2, 0.25) is 0 Å². The van der Waals surface area contributed by atoms with Crippen LogP contribution in [0, 0.1) is 0 Å². The topological polar surface area (TPSA) is 52.6 Å². The highest BCUT2D eigenvalue weighted by Gasteiger charge is 2.07. The summed E-state index contributed by atoms with van der Waals surface area (Å²) >= 11 is 0. The van der Waals surface area contributed by atoms with Gasteiger partial charge in [-0.1, -0.05) is 39.2 Å². The molecule has 1 aliphatic carbocycles. The third kappa shape index (κ3) is 11.5. The van der Waals surface area contributed by atoms with E-state index in [0.29, 0.717) is 6.42 Å². The molecule has 0 atom stereocenters. The molecule has 0 bridgehead atoms. The normalized spacial score (nSPS) is 12.2. The number of esters is 2. The van der Waals surface area contributed by atoms with Gasteiger partial charge in [-0.3, -0.25) is 9.59 Å². The number of allylic oxidation sites excluding steroid dienone is 2. The van der Waals surface area contributed by atoms with Crippen LogP contribution in [-0.4, -0.2) is 11.9 Å². The highest BCUT2D eigenvalue weighted by atomic mass is 16.5. The lowest BCUT2D eigenvalue weighted by molar-refractivity contribution is -0.138. The number of carbonyl (C=O) groups is 2. The van der Waals surface area contributed by atoms with Crippen LogP contribution in [0.1, 0.15) is 65.2 Å². The van der Waals surface area contributed by atoms with E-state index in [4.69, 9.17) is 4.74 Å². The quantitative estimate of drug-likeness (QED) is 0.379. The molecule has 0 aliphatic heterocycles. The van der Waals surface area contributed by atoms with Crippen molar-refractivity contribution in [1.29, 1.82) is 0 Å². The zero-order chi connectivity index (χ0) is 15.2. The summed E-state index contributed by atoms with van der Waals surface area (Å²) in [7, 11) is 0. The number of ether oxygens (including phenoxy) is 2. The molecule has 1 aliphatic rings. The second-order valence-electron chi connectivity index (χ2n) is 4.62. The Morgan fingerprint density at radius 1 is 1.30 bits per heavy atom. The van der Waals surface area contributed by atoms with E-state index in [1.54, 1.807) is 0 Å². The minimum Gasteiger partial charge on any atom is -0.435 e. The van der Waals surface area contributed by atoms with Gasteiger partial charge in [-0.2, -0.15) is 0 Å². The minimum atomic E-state index is -0.212. The number of rotatable bonds is 8. The fraction of sp³-hybridized carbons (Fsp3) is 0.625. The molecule has 0 aromatic rings. The number of hydrogen-bond donors (Lipinski definition) is 0. The molecule has 0 aromatic carbocycles. The molecule has 114 valence electrons. The first-order chi connectivity index (χ1) is 9.60. The Hall–Kier alpha value is -1.58. The summed E-state index contributed by atoms with van der Waals surface area (Å²) in [5, 5.41) is 0. The van der Waals surface area contributed by atoms with Crippen molar-refractivity contribution in [2.75, 3.05) is 0 Å². The van der Waals surface area contributed by atoms with E-state index in [2.05, 4.69) is 18.2 Å². The predicted molar refractivity (Wildman–Crippen MR) is 78.7 cm³/mol. The standard InChI is InChI=1S/C10H18O2.C6H8O2/c1-3-5-6-7-8-9-10(11)12-4-2;1-5(7)8-6-3-2-4-6/h4H,2-3,5-9H2,1H3;3H,2,4H2,1H3. The lowest BCUT2D eigenvalue weighted by atomic mass is 10.1. The summed E-state index contributed by atoms with van der Waals surface area (Å²) in [6.45, 7) is 6.90. The highest BCUT2D eigenvalue weighted by Crippen LogP contribution is 2.18. The Kier molecular flexibility index (Phi) is 11.5. The summed E-state index contributed by atoms with van der Waals surface area (Å²) in [6.07, 6.45) is 11.4. The minimum absolute atomic E-state index is 0.165. The van der Waals surface area contributed by atoms with Gasteiger partial charge >= 0.3 is 11.9 Å². The van der Waals surface area contributed by atoms with E-state index in [1.807, 2.05) is 6.08 Å². The third-order valence-corrected chi connectivity index (χ3v) is 2.74. The molecule has 4 nitrogen and oxygen atoms in total. The van der Waals surface area contributed by atoms with E-state index in [-0.39, 0.29) is 11.9 Å². The SMILES string of the molecule is C=COC(=O)CCCCCCC.CC(=O)OC1=CCC1. The van der Waals surface area contributed by atoms with Crippen molar-refractivity contribution >= 4 is 11.9 Å². The Morgan fingerprint density at radius 3 is 2.35 bits per heavy atom. The molecular weight excluding hydrogens is 256 g/mol. The largest absolute Gasteiger partial charge is 0.435 e. The Morgan fingerprint density at radius 2 is 1.95 bits per heavy atom. The monoisotopic (exact) mass is 282 g/mol. The molecule has 0 saturated heterocycles. The fourth-order valence-corrected chi connectivity index (χ4v) is 1.56. The van der Waals surface area contributed by atoms with Gasteiger partial charge in [0.1, 0.15) is 5.76 Å². The molecule has 0 aromatic heterocycles. The van der Waals surface area contributed by atoms with Crippen LogP contribution in [0.25, 0.3) is 0 Å². The number of hydrogen-bond acceptors (Lipinski definition) is 4. The van der Waals surface area contributed by atoms with Gasteiger partial charge in [-0.05, 0) is 18.9 Å². The van der Waals surface area contributed by atoms with Gasteiger partial charge in [0.05, 0.1) is 6.26 Å². The van der Waals surface area contributed by atoms with Crippen LogP contribution < -0.4 is 0 Å². The van der Waals surface area contributed by atoms with Crippen molar-refractivity contribution < 1.29 is 19.1 Å². The molecule has 0 fully saturated rings. The highest BCUT2D eigenvalue weighted by molar-refractivity contribution is 5.69. The molecule has 20 heavy (non-hydrogen) atoms. The Balaban J connectivity index is 0.000000388. The number of unbranched alkanes of at least 4 members (excludes halogenated alkanes) is 4. The van der Waals surface area contributed by atoms with Gasteiger partial charge in [0.25, 0.3) is 0 Å². The smallest absolute Gasteiger partial charge is 0.310 e. The maximum absolute atomic E-state index is 10.8. The van der Waals surface area contributed by atoms with E-state index in [1.165, 1.54) is 32.4 Å². The first-order valence-corrected chi connectivity index (χ1v) is 7.28. The van der Waals surface area contributed by atoms with Crippen molar-refractivity contribution in [3.63, 3.8) is 0 Å². The average Bonchev–Trinajstić information content (AvgIpc) is 2.35. The summed E-state index contributed by atoms with van der Waals surface area (Å²) in [5.41, 5.74) is 0. The van der Waals surface area contributed by atoms with E-state index >= 15 is 0 Å². The average molecular weight is 282 g/mol. The zero-order valence-corrected chi connectivity index (χ0v) is 12.7. The summed E-state index contributed by atoms with van der Waals surface area (Å²) in [5.74, 6) is 0.454. The maximum Gasteiger partial charge on any atom is 0.310 e. The van der Waals surface area contributed by atoms with Gasteiger partial charge in [-0.15, -0.1) is 0 Å². The van der Waals surface area contributed by atoms with Crippen LogP contribution in [0.2, 0.25) is 0 Å². The van der Waals surface area contributed by atoms with E-state index < -0.39 is 0 Å². The number of carbonyl (C=O) groups excluding carboxylic acids is 2. The van der Waals surface area contributed by atoms with Gasteiger partial charge < -0.3 is 9.47 Å². The Labute approximate surface area is 121 Å². The molecule has 0 saturated carbocycles. The molecule has 0 amide bonds. The summed E-state index contributed by atoms with van der Waals surface area (Å²) < 4.78 is 9.28. The molecule has 0 radical (unpaired) electrons. The first-order valence-electron chi connectivity index (χ1n) is 7.28. The van der Waals surface area contributed by atoms with Crippen molar-refractivity contribution in [2.45, 2.75) is 65.2 Å². The lowest BCUT2D eigenvalue weighted by Gasteiger charge is -2.11. The molecule has 4 heteroatoms. The second-order valence-corrected chi connectivity index (χ2v) is 4.62. The van der Waals surface area contributed by atoms with Crippen LogP contribution in [0.4, 0.5) is 0 Å². The first kappa shape index (κ1) is 18.4. The van der Waals surface area contributed by atoms with Gasteiger partial charge in [0.15, 0.2) is 0 Å². The van der Waals surface area contributed by atoms with Crippen molar-refractivity contribution in [1.82, 2.24) is 0 Å². The zero-order valence-electron chi connectivity index (χ0n) is 12.7. The van der Waals surface area contributed by atoms with Crippen LogP contribution >= 0.6 is 0 Å². The fourth-order valence-electron chi connectivity index (χ4n) is 1.56. The lowest BCUT2D eigenvalue weighted by Crippen LogP contribution is -2.03. The molecule has 0 heterocycles. The predicted octanol–water partition coefficient (Wildman–Crippen LogP) is 4.26. The van der Waals surface area contributed by atoms with Crippen LogP contribution in [0.3, 0.4) is 0 Å². The third-order valence-electron chi connectivity index (χ3n) is 2.74. The van der Waals surface area contributed by atoms with Crippen molar-refractivity contribution in [3.8, 4) is 0 Å². The maximum atomic E-state index is 10.8. The molecular formula is C16H26O4. The van der Waals surface area contributed by atoms with Gasteiger partial charge in [-0.25, -0.2) is 0 Å². The van der Waals surface area contributed by atoms with E-state index in [0.717, 1.165) is 31.4 Å². The van der Waals surface area contributed by atoms with Crippen LogP contribution in [0.15, 0.2) is 24.7 Å².